The first-order valence-corrected chi connectivity index (χ1v) is 9.05. The van der Waals surface area contributed by atoms with E-state index in [-0.39, 0.29) is 5.91 Å². The molecule has 2 aromatic carbocycles. The molecular formula is C22H28N2O3. The predicted molar refractivity (Wildman–Crippen MR) is 108 cm³/mol. The molecule has 0 aliphatic carbocycles. The van der Waals surface area contributed by atoms with Crippen LogP contribution in [-0.2, 0) is 16.0 Å². The fourth-order valence-electron chi connectivity index (χ4n) is 2.56. The summed E-state index contributed by atoms with van der Waals surface area (Å²) in [6, 6.07) is 14.5. The Morgan fingerprint density at radius 1 is 1.00 bits per heavy atom. The van der Waals surface area contributed by atoms with Crippen molar-refractivity contribution < 1.29 is 14.3 Å². The van der Waals surface area contributed by atoms with Gasteiger partial charge in [-0.25, -0.2) is 4.79 Å². The van der Waals surface area contributed by atoms with Gasteiger partial charge >= 0.3 is 6.09 Å². The van der Waals surface area contributed by atoms with Gasteiger partial charge in [-0.2, -0.15) is 0 Å². The number of anilines is 1. The molecule has 0 aliphatic rings. The van der Waals surface area contributed by atoms with E-state index in [2.05, 4.69) is 10.6 Å². The molecule has 2 aromatic rings. The number of amides is 2. The van der Waals surface area contributed by atoms with Crippen LogP contribution in [0.5, 0.6) is 0 Å². The molecule has 0 aliphatic heterocycles. The van der Waals surface area contributed by atoms with Gasteiger partial charge in [-0.05, 0) is 63.4 Å². The second-order valence-corrected chi connectivity index (χ2v) is 7.68. The molecule has 144 valence electrons. The Balaban J connectivity index is 2.15. The van der Waals surface area contributed by atoms with Gasteiger partial charge in [0.1, 0.15) is 11.6 Å². The van der Waals surface area contributed by atoms with Gasteiger partial charge in [0.2, 0.25) is 5.91 Å². The van der Waals surface area contributed by atoms with Crippen LogP contribution in [0.1, 0.15) is 37.5 Å². The van der Waals surface area contributed by atoms with E-state index >= 15 is 0 Å². The lowest BCUT2D eigenvalue weighted by Crippen LogP contribution is -2.47. The molecule has 5 heteroatoms. The Morgan fingerprint density at radius 3 is 2.26 bits per heavy atom. The zero-order valence-electron chi connectivity index (χ0n) is 16.6. The first-order valence-electron chi connectivity index (χ1n) is 9.05. The van der Waals surface area contributed by atoms with Gasteiger partial charge in [0, 0.05) is 12.1 Å². The highest BCUT2D eigenvalue weighted by Gasteiger charge is 2.25. The number of hydrogen-bond acceptors (Lipinski definition) is 3. The number of rotatable bonds is 5. The highest BCUT2D eigenvalue weighted by atomic mass is 16.6. The van der Waals surface area contributed by atoms with Gasteiger partial charge < -0.3 is 15.4 Å². The molecule has 0 radical (unpaired) electrons. The maximum atomic E-state index is 12.8. The van der Waals surface area contributed by atoms with Crippen molar-refractivity contribution in [2.45, 2.75) is 52.7 Å². The summed E-state index contributed by atoms with van der Waals surface area (Å²) >= 11 is 0. The van der Waals surface area contributed by atoms with Crippen molar-refractivity contribution >= 4 is 17.7 Å². The molecule has 0 spiro atoms. The van der Waals surface area contributed by atoms with E-state index in [1.807, 2.05) is 62.4 Å². The second kappa shape index (κ2) is 8.71. The minimum Gasteiger partial charge on any atom is -0.444 e. The molecule has 0 bridgehead atoms. The van der Waals surface area contributed by atoms with Crippen LogP contribution in [0.4, 0.5) is 10.5 Å². The van der Waals surface area contributed by atoms with Crippen molar-refractivity contribution in [3.8, 4) is 0 Å². The normalized spacial score (nSPS) is 12.2. The number of aryl methyl sites for hydroxylation is 2. The highest BCUT2D eigenvalue weighted by Crippen LogP contribution is 2.15. The number of benzene rings is 2. The fourth-order valence-corrected chi connectivity index (χ4v) is 2.56. The maximum Gasteiger partial charge on any atom is 0.408 e. The molecule has 0 aromatic heterocycles. The Kier molecular flexibility index (Phi) is 6.61. The SMILES string of the molecule is Cc1ccc(NC(=O)[C@H](Cc2ccccc2)NC(=O)OC(C)(C)C)cc1C. The molecule has 27 heavy (non-hydrogen) atoms. The van der Waals surface area contributed by atoms with E-state index in [0.29, 0.717) is 12.1 Å². The molecule has 1 atom stereocenters. The van der Waals surface area contributed by atoms with Crippen LogP contribution in [0.15, 0.2) is 48.5 Å². The summed E-state index contributed by atoms with van der Waals surface area (Å²) in [6.45, 7) is 9.37. The summed E-state index contributed by atoms with van der Waals surface area (Å²) in [5.41, 5.74) is 3.26. The third kappa shape index (κ3) is 6.77. The van der Waals surface area contributed by atoms with Crippen LogP contribution in [0.25, 0.3) is 0 Å². The van der Waals surface area contributed by atoms with E-state index in [1.165, 1.54) is 0 Å². The molecule has 5 nitrogen and oxygen atoms in total. The first-order chi connectivity index (χ1) is 12.6. The van der Waals surface area contributed by atoms with Crippen molar-refractivity contribution in [1.29, 1.82) is 0 Å². The lowest BCUT2D eigenvalue weighted by Gasteiger charge is -2.23. The molecule has 0 unspecified atom stereocenters. The topological polar surface area (TPSA) is 67.4 Å². The standard InChI is InChI=1S/C22H28N2O3/c1-15-11-12-18(13-16(15)2)23-20(25)19(14-17-9-7-6-8-10-17)24-21(26)27-22(3,4)5/h6-13,19H,14H2,1-5H3,(H,23,25)(H,24,26)/t19-/m0/s1. The van der Waals surface area contributed by atoms with Crippen LogP contribution in [0.2, 0.25) is 0 Å². The van der Waals surface area contributed by atoms with Crippen LogP contribution >= 0.6 is 0 Å². The van der Waals surface area contributed by atoms with Gasteiger partial charge in [0.05, 0.1) is 0 Å². The van der Waals surface area contributed by atoms with E-state index < -0.39 is 17.7 Å². The second-order valence-electron chi connectivity index (χ2n) is 7.68. The van der Waals surface area contributed by atoms with E-state index in [4.69, 9.17) is 4.74 Å². The quantitative estimate of drug-likeness (QED) is 0.823. The van der Waals surface area contributed by atoms with Crippen LogP contribution in [0, 0.1) is 13.8 Å². The zero-order valence-corrected chi connectivity index (χ0v) is 16.6. The van der Waals surface area contributed by atoms with Gasteiger partial charge in [-0.15, -0.1) is 0 Å². The minimum atomic E-state index is -0.746. The molecule has 0 saturated carbocycles. The molecular weight excluding hydrogens is 340 g/mol. The third-order valence-corrected chi connectivity index (χ3v) is 4.06. The summed E-state index contributed by atoms with van der Waals surface area (Å²) in [4.78, 5) is 25.0. The molecule has 2 N–H and O–H groups in total. The average molecular weight is 368 g/mol. The number of carbonyl (C=O) groups is 2. The summed E-state index contributed by atoms with van der Waals surface area (Å²) in [7, 11) is 0. The Morgan fingerprint density at radius 2 is 1.67 bits per heavy atom. The van der Waals surface area contributed by atoms with Gasteiger partial charge in [-0.1, -0.05) is 36.4 Å². The van der Waals surface area contributed by atoms with E-state index in [9.17, 15) is 9.59 Å². The van der Waals surface area contributed by atoms with Crippen LogP contribution in [-0.4, -0.2) is 23.6 Å². The minimum absolute atomic E-state index is 0.284. The molecule has 0 heterocycles. The summed E-state index contributed by atoms with van der Waals surface area (Å²) < 4.78 is 5.31. The summed E-state index contributed by atoms with van der Waals surface area (Å²) in [5, 5.41) is 5.58. The average Bonchev–Trinajstić information content (AvgIpc) is 2.57. The van der Waals surface area contributed by atoms with E-state index in [1.54, 1.807) is 20.8 Å². The lowest BCUT2D eigenvalue weighted by atomic mass is 10.0. The largest absolute Gasteiger partial charge is 0.444 e. The van der Waals surface area contributed by atoms with Crippen LogP contribution in [0.3, 0.4) is 0 Å². The third-order valence-electron chi connectivity index (χ3n) is 4.06. The number of ether oxygens (including phenoxy) is 1. The smallest absolute Gasteiger partial charge is 0.408 e. The number of nitrogens with one attached hydrogen (secondary N) is 2. The van der Waals surface area contributed by atoms with Crippen molar-refractivity contribution in [1.82, 2.24) is 5.32 Å². The van der Waals surface area contributed by atoms with Crippen molar-refractivity contribution in [3.05, 3.63) is 65.2 Å². The number of carbonyl (C=O) groups excluding carboxylic acids is 2. The number of alkyl carbamates (subject to hydrolysis) is 1. The molecule has 2 rings (SSSR count). The Bertz CT molecular complexity index is 795. The monoisotopic (exact) mass is 368 g/mol. The van der Waals surface area contributed by atoms with Crippen molar-refractivity contribution in [2.75, 3.05) is 5.32 Å². The highest BCUT2D eigenvalue weighted by molar-refractivity contribution is 5.96. The predicted octanol–water partition coefficient (Wildman–Crippen LogP) is 4.38. The summed E-state index contributed by atoms with van der Waals surface area (Å²) in [5.74, 6) is -0.284. The zero-order chi connectivity index (χ0) is 20.0. The van der Waals surface area contributed by atoms with E-state index in [0.717, 1.165) is 16.7 Å². The Labute approximate surface area is 161 Å². The fraction of sp³-hybridized carbons (Fsp3) is 0.364. The van der Waals surface area contributed by atoms with Gasteiger partial charge in [-0.3, -0.25) is 4.79 Å². The Hall–Kier alpha value is -2.82. The van der Waals surface area contributed by atoms with Crippen molar-refractivity contribution in [3.63, 3.8) is 0 Å². The summed E-state index contributed by atoms with van der Waals surface area (Å²) in [6.07, 6.45) is -0.241. The van der Waals surface area contributed by atoms with Gasteiger partial charge in [0.25, 0.3) is 0 Å². The van der Waals surface area contributed by atoms with Crippen LogP contribution < -0.4 is 10.6 Å². The van der Waals surface area contributed by atoms with Gasteiger partial charge in [0.15, 0.2) is 0 Å². The molecule has 0 fully saturated rings. The lowest BCUT2D eigenvalue weighted by molar-refractivity contribution is -0.118. The maximum absolute atomic E-state index is 12.8. The first kappa shape index (κ1) is 20.5. The molecule has 0 saturated heterocycles. The van der Waals surface area contributed by atoms with Crippen molar-refractivity contribution in [2.24, 2.45) is 0 Å². The number of hydrogen-bond donors (Lipinski definition) is 2. The molecule has 2 amide bonds.